The number of aromatic nitrogens is 1. The summed E-state index contributed by atoms with van der Waals surface area (Å²) in [6, 6.07) is 9.91. The predicted molar refractivity (Wildman–Crippen MR) is 86.0 cm³/mol. The largest absolute Gasteiger partial charge is 0.355 e. The Morgan fingerprint density at radius 1 is 1.14 bits per heavy atom. The normalized spacial score (nSPS) is 10.2. The van der Waals surface area contributed by atoms with Crippen LogP contribution in [0.4, 0.5) is 11.4 Å². The van der Waals surface area contributed by atoms with Crippen molar-refractivity contribution >= 4 is 17.3 Å². The first kappa shape index (κ1) is 15.0. The minimum Gasteiger partial charge on any atom is -0.355 e. The molecule has 0 saturated heterocycles. The van der Waals surface area contributed by atoms with Crippen LogP contribution in [0.15, 0.2) is 42.7 Å². The average molecular weight is 283 g/mol. The summed E-state index contributed by atoms with van der Waals surface area (Å²) in [5.41, 5.74) is 3.54. The summed E-state index contributed by atoms with van der Waals surface area (Å²) < 4.78 is 0. The number of amides is 1. The summed E-state index contributed by atoms with van der Waals surface area (Å²) >= 11 is 0. The smallest absolute Gasteiger partial charge is 0.257 e. The van der Waals surface area contributed by atoms with E-state index in [2.05, 4.69) is 10.3 Å². The van der Waals surface area contributed by atoms with Crippen molar-refractivity contribution in [2.75, 3.05) is 18.4 Å². The zero-order valence-corrected chi connectivity index (χ0v) is 12.8. The number of anilines is 2. The van der Waals surface area contributed by atoms with Gasteiger partial charge in [-0.15, -0.1) is 0 Å². The summed E-state index contributed by atoms with van der Waals surface area (Å²) in [6.45, 7) is 7.38. The minimum atomic E-state index is 0.00251. The van der Waals surface area contributed by atoms with Gasteiger partial charge in [-0.25, -0.2) is 0 Å². The topological polar surface area (TPSA) is 45.2 Å². The molecule has 0 aliphatic heterocycles. The predicted octanol–water partition coefficient (Wildman–Crippen LogP) is 3.62. The maximum atomic E-state index is 12.5. The Morgan fingerprint density at radius 3 is 2.43 bits per heavy atom. The molecule has 0 aliphatic rings. The average Bonchev–Trinajstić information content (AvgIpc) is 2.51. The second-order valence-electron chi connectivity index (χ2n) is 4.89. The lowest BCUT2D eigenvalue weighted by Crippen LogP contribution is -2.31. The third-order valence-electron chi connectivity index (χ3n) is 3.43. The molecule has 1 amide bonds. The molecule has 0 saturated carbocycles. The lowest BCUT2D eigenvalue weighted by Gasteiger charge is -2.20. The SMILES string of the molecule is CCN(CC)C(=O)c1cnccc1Nc1ccc(C)cc1. The van der Waals surface area contributed by atoms with Crippen molar-refractivity contribution in [2.24, 2.45) is 0 Å². The van der Waals surface area contributed by atoms with Gasteiger partial charge in [-0.1, -0.05) is 17.7 Å². The van der Waals surface area contributed by atoms with E-state index in [1.165, 1.54) is 5.56 Å². The fourth-order valence-corrected chi connectivity index (χ4v) is 2.15. The van der Waals surface area contributed by atoms with Crippen molar-refractivity contribution < 1.29 is 4.79 Å². The van der Waals surface area contributed by atoms with E-state index in [4.69, 9.17) is 0 Å². The van der Waals surface area contributed by atoms with Crippen LogP contribution >= 0.6 is 0 Å². The van der Waals surface area contributed by atoms with Gasteiger partial charge < -0.3 is 10.2 Å². The number of rotatable bonds is 5. The van der Waals surface area contributed by atoms with Crippen LogP contribution in [0.1, 0.15) is 29.8 Å². The van der Waals surface area contributed by atoms with E-state index < -0.39 is 0 Å². The molecule has 1 aromatic carbocycles. The number of carbonyl (C=O) groups is 1. The quantitative estimate of drug-likeness (QED) is 0.911. The fourth-order valence-electron chi connectivity index (χ4n) is 2.15. The van der Waals surface area contributed by atoms with Gasteiger partial charge in [0.2, 0.25) is 0 Å². The van der Waals surface area contributed by atoms with Gasteiger partial charge in [0.25, 0.3) is 5.91 Å². The number of hydrogen-bond acceptors (Lipinski definition) is 3. The first-order valence-electron chi connectivity index (χ1n) is 7.22. The highest BCUT2D eigenvalue weighted by Gasteiger charge is 2.16. The van der Waals surface area contributed by atoms with E-state index in [-0.39, 0.29) is 5.91 Å². The van der Waals surface area contributed by atoms with Crippen LogP contribution in [0, 0.1) is 6.92 Å². The second kappa shape index (κ2) is 6.88. The van der Waals surface area contributed by atoms with Gasteiger partial charge in [-0.05, 0) is 39.0 Å². The van der Waals surface area contributed by atoms with Crippen molar-refractivity contribution in [1.82, 2.24) is 9.88 Å². The molecule has 1 heterocycles. The Hall–Kier alpha value is -2.36. The summed E-state index contributed by atoms with van der Waals surface area (Å²) in [5, 5.41) is 3.30. The second-order valence-corrected chi connectivity index (χ2v) is 4.89. The Labute approximate surface area is 125 Å². The van der Waals surface area contributed by atoms with Crippen molar-refractivity contribution in [3.05, 3.63) is 53.9 Å². The van der Waals surface area contributed by atoms with E-state index >= 15 is 0 Å². The molecule has 0 fully saturated rings. The Kier molecular flexibility index (Phi) is 4.93. The molecule has 4 heteroatoms. The monoisotopic (exact) mass is 283 g/mol. The van der Waals surface area contributed by atoms with Crippen molar-refractivity contribution in [3.63, 3.8) is 0 Å². The van der Waals surface area contributed by atoms with Crippen molar-refractivity contribution in [1.29, 1.82) is 0 Å². The number of hydrogen-bond donors (Lipinski definition) is 1. The van der Waals surface area contributed by atoms with E-state index in [0.717, 1.165) is 11.4 Å². The van der Waals surface area contributed by atoms with Crippen LogP contribution in [0.2, 0.25) is 0 Å². The number of pyridine rings is 1. The van der Waals surface area contributed by atoms with Gasteiger partial charge in [0, 0.05) is 31.2 Å². The third kappa shape index (κ3) is 3.60. The van der Waals surface area contributed by atoms with E-state index in [9.17, 15) is 4.79 Å². The Morgan fingerprint density at radius 2 is 1.81 bits per heavy atom. The third-order valence-corrected chi connectivity index (χ3v) is 3.43. The van der Waals surface area contributed by atoms with Gasteiger partial charge in [-0.2, -0.15) is 0 Å². The molecule has 110 valence electrons. The van der Waals surface area contributed by atoms with Crippen LogP contribution in [-0.2, 0) is 0 Å². The summed E-state index contributed by atoms with van der Waals surface area (Å²) in [5.74, 6) is 0.00251. The van der Waals surface area contributed by atoms with Gasteiger partial charge in [-0.3, -0.25) is 9.78 Å². The standard InChI is InChI=1S/C17H21N3O/c1-4-20(5-2)17(21)15-12-18-11-10-16(15)19-14-8-6-13(3)7-9-14/h6-12H,4-5H2,1-3H3,(H,18,19). The number of benzene rings is 1. The molecule has 0 atom stereocenters. The molecule has 1 aromatic heterocycles. The molecule has 2 aromatic rings. The van der Waals surface area contributed by atoms with E-state index in [1.807, 2.05) is 51.1 Å². The van der Waals surface area contributed by atoms with Gasteiger partial charge in [0.15, 0.2) is 0 Å². The molecule has 0 unspecified atom stereocenters. The maximum Gasteiger partial charge on any atom is 0.257 e. The highest BCUT2D eigenvalue weighted by Crippen LogP contribution is 2.21. The number of nitrogens with one attached hydrogen (secondary N) is 1. The fraction of sp³-hybridized carbons (Fsp3) is 0.294. The number of carbonyl (C=O) groups excluding carboxylic acids is 1. The molecule has 0 bridgehead atoms. The summed E-state index contributed by atoms with van der Waals surface area (Å²) in [6.07, 6.45) is 3.31. The van der Waals surface area contributed by atoms with E-state index in [0.29, 0.717) is 18.7 Å². The molecule has 2 rings (SSSR count). The molecule has 21 heavy (non-hydrogen) atoms. The Balaban J connectivity index is 2.28. The molecule has 0 radical (unpaired) electrons. The van der Waals surface area contributed by atoms with Gasteiger partial charge >= 0.3 is 0 Å². The van der Waals surface area contributed by atoms with Gasteiger partial charge in [0.1, 0.15) is 0 Å². The molecule has 4 nitrogen and oxygen atoms in total. The summed E-state index contributed by atoms with van der Waals surface area (Å²) in [7, 11) is 0. The molecule has 1 N–H and O–H groups in total. The van der Waals surface area contributed by atoms with Crippen LogP contribution in [-0.4, -0.2) is 28.9 Å². The van der Waals surface area contributed by atoms with Gasteiger partial charge in [0.05, 0.1) is 11.3 Å². The molecule has 0 aliphatic carbocycles. The van der Waals surface area contributed by atoms with Crippen LogP contribution in [0.3, 0.4) is 0 Å². The minimum absolute atomic E-state index is 0.00251. The molecular weight excluding hydrogens is 262 g/mol. The highest BCUT2D eigenvalue weighted by molar-refractivity contribution is 5.99. The van der Waals surface area contributed by atoms with Crippen LogP contribution in [0.5, 0.6) is 0 Å². The van der Waals surface area contributed by atoms with E-state index in [1.54, 1.807) is 17.3 Å². The lowest BCUT2D eigenvalue weighted by molar-refractivity contribution is 0.0773. The first-order valence-corrected chi connectivity index (χ1v) is 7.22. The zero-order valence-electron chi connectivity index (χ0n) is 12.8. The zero-order chi connectivity index (χ0) is 15.2. The molecule has 0 spiro atoms. The Bertz CT molecular complexity index is 604. The first-order chi connectivity index (χ1) is 10.2. The number of nitrogens with zero attached hydrogens (tertiary/aromatic N) is 2. The number of aryl methyl sites for hydroxylation is 1. The highest BCUT2D eigenvalue weighted by atomic mass is 16.2. The van der Waals surface area contributed by atoms with Crippen molar-refractivity contribution in [2.45, 2.75) is 20.8 Å². The van der Waals surface area contributed by atoms with Crippen LogP contribution < -0.4 is 5.32 Å². The van der Waals surface area contributed by atoms with Crippen molar-refractivity contribution in [3.8, 4) is 0 Å². The lowest BCUT2D eigenvalue weighted by atomic mass is 10.1. The molecular formula is C17H21N3O. The maximum absolute atomic E-state index is 12.5. The summed E-state index contributed by atoms with van der Waals surface area (Å²) in [4.78, 5) is 18.4. The van der Waals surface area contributed by atoms with Crippen LogP contribution in [0.25, 0.3) is 0 Å².